The largest absolute Gasteiger partial charge is 0.463 e. The van der Waals surface area contributed by atoms with Gasteiger partial charge in [-0.05, 0) is 31.0 Å². The predicted octanol–water partition coefficient (Wildman–Crippen LogP) is 3.90. The molecule has 1 aromatic carbocycles. The number of nitrogens with zero attached hydrogens (tertiary/aromatic N) is 4. The summed E-state index contributed by atoms with van der Waals surface area (Å²) in [6.45, 7) is 2.00. The molecule has 4 heterocycles. The Bertz CT molecular complexity index is 1190. The summed E-state index contributed by atoms with van der Waals surface area (Å²) >= 11 is 1.45. The van der Waals surface area contributed by atoms with Gasteiger partial charge >= 0.3 is 5.69 Å². The summed E-state index contributed by atoms with van der Waals surface area (Å²) in [5, 5.41) is 0.856. The van der Waals surface area contributed by atoms with Crippen LogP contribution in [0.5, 0.6) is 0 Å². The van der Waals surface area contributed by atoms with Crippen LogP contribution in [0.25, 0.3) is 21.8 Å². The fraction of sp³-hybridized carbons (Fsp3) is 0.250. The van der Waals surface area contributed by atoms with E-state index in [0.717, 1.165) is 31.1 Å². The Balaban J connectivity index is 1.71. The van der Waals surface area contributed by atoms with E-state index in [1.165, 1.54) is 22.0 Å². The number of benzene rings is 1. The molecule has 8 heteroatoms. The van der Waals surface area contributed by atoms with Crippen molar-refractivity contribution in [2.75, 3.05) is 18.0 Å². The fourth-order valence-electron chi connectivity index (χ4n) is 3.50. The van der Waals surface area contributed by atoms with Crippen LogP contribution in [0.4, 0.5) is 9.52 Å². The zero-order valence-corrected chi connectivity index (χ0v) is 15.8. The molecule has 0 saturated carbocycles. The van der Waals surface area contributed by atoms with E-state index in [1.54, 1.807) is 36.6 Å². The third-order valence-electron chi connectivity index (χ3n) is 4.92. The SMILES string of the molecule is O=c1nc(-c2ccco2)c2nc(N3CCCC3)sc2n1Cc1ccccc1F. The molecule has 0 amide bonds. The maximum atomic E-state index is 14.2. The second kappa shape index (κ2) is 6.87. The van der Waals surface area contributed by atoms with Crippen molar-refractivity contribution in [3.8, 4) is 11.5 Å². The topological polar surface area (TPSA) is 64.2 Å². The molecule has 0 aliphatic carbocycles. The monoisotopic (exact) mass is 396 g/mol. The van der Waals surface area contributed by atoms with Gasteiger partial charge in [-0.15, -0.1) is 0 Å². The van der Waals surface area contributed by atoms with Crippen molar-refractivity contribution < 1.29 is 8.81 Å². The second-order valence-electron chi connectivity index (χ2n) is 6.74. The molecule has 0 N–H and O–H groups in total. The normalized spacial score (nSPS) is 14.2. The van der Waals surface area contributed by atoms with E-state index in [0.29, 0.717) is 27.4 Å². The van der Waals surface area contributed by atoms with Gasteiger partial charge in [0.05, 0.1) is 12.8 Å². The maximum Gasteiger partial charge on any atom is 0.349 e. The molecule has 0 radical (unpaired) electrons. The predicted molar refractivity (Wildman–Crippen MR) is 106 cm³/mol. The second-order valence-corrected chi connectivity index (χ2v) is 7.70. The highest BCUT2D eigenvalue weighted by Gasteiger charge is 2.23. The van der Waals surface area contributed by atoms with Crippen LogP contribution in [-0.4, -0.2) is 27.6 Å². The highest BCUT2D eigenvalue weighted by molar-refractivity contribution is 7.22. The van der Waals surface area contributed by atoms with E-state index in [4.69, 9.17) is 9.40 Å². The summed E-state index contributed by atoms with van der Waals surface area (Å²) in [6.07, 6.45) is 3.80. The first-order valence-corrected chi connectivity index (χ1v) is 9.96. The van der Waals surface area contributed by atoms with Crippen molar-refractivity contribution in [1.82, 2.24) is 14.5 Å². The number of halogens is 1. The van der Waals surface area contributed by atoms with E-state index in [1.807, 2.05) is 0 Å². The first kappa shape index (κ1) is 17.1. The van der Waals surface area contributed by atoms with Crippen molar-refractivity contribution in [2.24, 2.45) is 0 Å². The van der Waals surface area contributed by atoms with Crippen LogP contribution in [-0.2, 0) is 6.54 Å². The van der Waals surface area contributed by atoms with E-state index >= 15 is 0 Å². The minimum atomic E-state index is -0.446. The zero-order valence-electron chi connectivity index (χ0n) is 15.0. The Labute approximate surface area is 163 Å². The molecule has 3 aromatic heterocycles. The molecular weight excluding hydrogens is 379 g/mol. The van der Waals surface area contributed by atoms with Crippen molar-refractivity contribution in [2.45, 2.75) is 19.4 Å². The molecule has 1 aliphatic rings. The molecule has 0 bridgehead atoms. The van der Waals surface area contributed by atoms with E-state index in [9.17, 15) is 9.18 Å². The van der Waals surface area contributed by atoms with Gasteiger partial charge in [0.1, 0.15) is 21.9 Å². The molecule has 0 atom stereocenters. The molecule has 1 saturated heterocycles. The molecule has 0 unspecified atom stereocenters. The highest BCUT2D eigenvalue weighted by atomic mass is 32.1. The van der Waals surface area contributed by atoms with Gasteiger partial charge in [-0.25, -0.2) is 14.2 Å². The molecule has 1 fully saturated rings. The first-order chi connectivity index (χ1) is 13.7. The Hall–Kier alpha value is -3.00. The van der Waals surface area contributed by atoms with Crippen LogP contribution in [0, 0.1) is 5.82 Å². The summed E-state index contributed by atoms with van der Waals surface area (Å²) in [7, 11) is 0. The van der Waals surface area contributed by atoms with Gasteiger partial charge in [-0.3, -0.25) is 4.57 Å². The van der Waals surface area contributed by atoms with Gasteiger partial charge in [-0.2, -0.15) is 4.98 Å². The third-order valence-corrected chi connectivity index (χ3v) is 6.06. The fourth-order valence-corrected chi connectivity index (χ4v) is 4.61. The number of furan rings is 1. The van der Waals surface area contributed by atoms with Gasteiger partial charge in [0.15, 0.2) is 10.9 Å². The Morgan fingerprint density at radius 1 is 1.11 bits per heavy atom. The van der Waals surface area contributed by atoms with Crippen LogP contribution in [0.2, 0.25) is 0 Å². The molecule has 142 valence electrons. The van der Waals surface area contributed by atoms with Gasteiger partial charge in [0.2, 0.25) is 0 Å². The molecule has 1 aliphatic heterocycles. The molecule has 6 nitrogen and oxygen atoms in total. The summed E-state index contributed by atoms with van der Waals surface area (Å²) in [4.78, 5) is 24.8. The smallest absolute Gasteiger partial charge is 0.349 e. The number of rotatable bonds is 4. The lowest BCUT2D eigenvalue weighted by Gasteiger charge is -2.11. The summed E-state index contributed by atoms with van der Waals surface area (Å²) in [6, 6.07) is 9.97. The molecule has 5 rings (SSSR count). The quantitative estimate of drug-likeness (QED) is 0.523. The van der Waals surface area contributed by atoms with Crippen molar-refractivity contribution in [1.29, 1.82) is 0 Å². The zero-order chi connectivity index (χ0) is 19.1. The third kappa shape index (κ3) is 2.90. The average Bonchev–Trinajstić information content (AvgIpc) is 3.46. The molecule has 4 aromatic rings. The standard InChI is InChI=1S/C20H17FN4O2S/c21-14-7-2-1-6-13(14)12-25-18-17(23-20(28-18)24-9-3-4-10-24)16(22-19(25)26)15-8-5-11-27-15/h1-2,5-8,11H,3-4,9-10,12H2. The number of hydrogen-bond donors (Lipinski definition) is 0. The Kier molecular flexibility index (Phi) is 4.20. The number of thiazole rings is 1. The van der Waals surface area contributed by atoms with E-state index in [-0.39, 0.29) is 12.4 Å². The molecule has 0 spiro atoms. The first-order valence-electron chi connectivity index (χ1n) is 9.14. The van der Waals surface area contributed by atoms with Crippen LogP contribution in [0.3, 0.4) is 0 Å². The maximum absolute atomic E-state index is 14.2. The number of aromatic nitrogens is 3. The summed E-state index contributed by atoms with van der Waals surface area (Å²) in [5.41, 5.74) is 1.03. The van der Waals surface area contributed by atoms with E-state index < -0.39 is 5.69 Å². The lowest BCUT2D eigenvalue weighted by molar-refractivity contribution is 0.578. The van der Waals surface area contributed by atoms with Crippen molar-refractivity contribution in [3.05, 3.63) is 64.5 Å². The number of anilines is 1. The summed E-state index contributed by atoms with van der Waals surface area (Å²) in [5.74, 6) is 0.153. The van der Waals surface area contributed by atoms with Crippen molar-refractivity contribution >= 4 is 26.8 Å². The van der Waals surface area contributed by atoms with Gasteiger partial charge < -0.3 is 9.32 Å². The minimum absolute atomic E-state index is 0.106. The minimum Gasteiger partial charge on any atom is -0.463 e. The lowest BCUT2D eigenvalue weighted by atomic mass is 10.2. The molecular formula is C20H17FN4O2S. The van der Waals surface area contributed by atoms with Gasteiger partial charge in [0.25, 0.3) is 0 Å². The van der Waals surface area contributed by atoms with Crippen LogP contribution in [0.1, 0.15) is 18.4 Å². The van der Waals surface area contributed by atoms with Gasteiger partial charge in [0, 0.05) is 18.7 Å². The highest BCUT2D eigenvalue weighted by Crippen LogP contribution is 2.34. The Morgan fingerprint density at radius 3 is 2.68 bits per heavy atom. The number of hydrogen-bond acceptors (Lipinski definition) is 6. The average molecular weight is 396 g/mol. The molecule has 28 heavy (non-hydrogen) atoms. The van der Waals surface area contributed by atoms with Gasteiger partial charge in [-0.1, -0.05) is 29.5 Å². The van der Waals surface area contributed by atoms with E-state index in [2.05, 4.69) is 9.88 Å². The number of fused-ring (bicyclic) bond motifs is 1. The van der Waals surface area contributed by atoms with Crippen LogP contribution in [0.15, 0.2) is 51.9 Å². The van der Waals surface area contributed by atoms with Crippen molar-refractivity contribution in [3.63, 3.8) is 0 Å². The van der Waals surface area contributed by atoms with Crippen LogP contribution < -0.4 is 10.6 Å². The summed E-state index contributed by atoms with van der Waals surface area (Å²) < 4.78 is 21.2. The Morgan fingerprint density at radius 2 is 1.93 bits per heavy atom. The lowest BCUT2D eigenvalue weighted by Crippen LogP contribution is -2.24. The van der Waals surface area contributed by atoms with Crippen LogP contribution >= 0.6 is 11.3 Å².